The second-order valence-electron chi connectivity index (χ2n) is 17.0. The van der Waals surface area contributed by atoms with Crippen LogP contribution in [0, 0.1) is 11.8 Å². The molecule has 0 saturated carbocycles. The Bertz CT molecular complexity index is 2070. The average molecular weight is 855 g/mol. The number of amides is 4. The number of aryl methyl sites for hydroxylation is 1. The molecule has 5 N–H and O–H groups in total. The lowest BCUT2D eigenvalue weighted by Crippen LogP contribution is -2.60. The fourth-order valence-corrected chi connectivity index (χ4v) is 7.28. The molecule has 0 aliphatic carbocycles. The summed E-state index contributed by atoms with van der Waals surface area (Å²) in [6, 6.07) is 21.5. The summed E-state index contributed by atoms with van der Waals surface area (Å²) in [4.78, 5) is 78.9. The van der Waals surface area contributed by atoms with Crippen molar-refractivity contribution in [2.24, 2.45) is 11.8 Å². The van der Waals surface area contributed by atoms with Crippen LogP contribution in [-0.2, 0) is 41.6 Å². The van der Waals surface area contributed by atoms with Crippen molar-refractivity contribution in [1.29, 1.82) is 0 Å². The van der Waals surface area contributed by atoms with Gasteiger partial charge >= 0.3 is 0 Å². The summed E-state index contributed by atoms with van der Waals surface area (Å²) < 4.78 is 5.42. The molecule has 16 nitrogen and oxygen atoms in total. The van der Waals surface area contributed by atoms with E-state index in [0.717, 1.165) is 16.0 Å². The third kappa shape index (κ3) is 14.5. The number of carbonyl (C=O) groups is 5. The van der Waals surface area contributed by atoms with E-state index in [0.29, 0.717) is 43.8 Å². The van der Waals surface area contributed by atoms with Gasteiger partial charge in [0, 0.05) is 19.5 Å². The zero-order chi connectivity index (χ0) is 44.6. The molecular formula is C46H62N8O8. The summed E-state index contributed by atoms with van der Waals surface area (Å²) in [6.45, 7) is 10.8. The molecule has 1 fully saturated rings. The molecular weight excluding hydrogens is 793 g/mol. The number of hydrogen-bond donors (Lipinski definition) is 5. The largest absolute Gasteiger partial charge is 0.391 e. The van der Waals surface area contributed by atoms with E-state index >= 15 is 0 Å². The van der Waals surface area contributed by atoms with Crippen LogP contribution in [0.2, 0.25) is 0 Å². The molecule has 0 spiro atoms. The summed E-state index contributed by atoms with van der Waals surface area (Å²) >= 11 is 0. The number of benzene rings is 3. The molecule has 62 heavy (non-hydrogen) atoms. The van der Waals surface area contributed by atoms with Crippen molar-refractivity contribution in [1.82, 2.24) is 41.3 Å². The molecule has 334 valence electrons. The minimum Gasteiger partial charge on any atom is -0.391 e. The third-order valence-corrected chi connectivity index (χ3v) is 10.6. The fraction of sp³-hybridized carbons (Fsp3) is 0.500. The van der Waals surface area contributed by atoms with Gasteiger partial charge in [0.1, 0.15) is 29.2 Å². The number of aromatic nitrogens is 3. The maximum Gasteiger partial charge on any atom is 0.243 e. The lowest BCUT2D eigenvalue weighted by atomic mass is 9.90. The number of aliphatic hydroxyl groups is 1. The summed E-state index contributed by atoms with van der Waals surface area (Å²) in [5.41, 5.74) is 0.795. The molecule has 3 aromatic carbocycles. The highest BCUT2D eigenvalue weighted by Gasteiger charge is 2.40. The van der Waals surface area contributed by atoms with Gasteiger partial charge in [0.25, 0.3) is 0 Å². The van der Waals surface area contributed by atoms with Gasteiger partial charge in [0.05, 0.1) is 25.8 Å². The number of morpholine rings is 1. The van der Waals surface area contributed by atoms with Crippen molar-refractivity contribution in [2.75, 3.05) is 39.5 Å². The Hall–Kier alpha value is -5.71. The maximum atomic E-state index is 14.3. The van der Waals surface area contributed by atoms with Crippen LogP contribution in [0.4, 0.5) is 0 Å². The zero-order valence-corrected chi connectivity index (χ0v) is 36.4. The Morgan fingerprint density at radius 1 is 0.726 bits per heavy atom. The number of nitrogens with one attached hydrogen (secondary N) is 4. The van der Waals surface area contributed by atoms with Crippen LogP contribution >= 0.6 is 0 Å². The highest BCUT2D eigenvalue weighted by Crippen LogP contribution is 2.17. The normalized spacial score (nSPS) is 16.1. The average Bonchev–Trinajstić information content (AvgIpc) is 3.67. The van der Waals surface area contributed by atoms with Gasteiger partial charge in [0.2, 0.25) is 23.6 Å². The molecule has 2 heterocycles. The number of rotatable bonds is 23. The van der Waals surface area contributed by atoms with Crippen LogP contribution in [0.25, 0.3) is 11.0 Å². The first-order chi connectivity index (χ1) is 29.7. The number of para-hydroxylation sites is 1. The molecule has 1 aromatic heterocycles. The third-order valence-electron chi connectivity index (χ3n) is 10.6. The van der Waals surface area contributed by atoms with E-state index in [2.05, 4.69) is 31.6 Å². The van der Waals surface area contributed by atoms with Crippen molar-refractivity contribution < 1.29 is 38.7 Å². The van der Waals surface area contributed by atoms with Crippen LogP contribution in [0.1, 0.15) is 65.0 Å². The van der Waals surface area contributed by atoms with Crippen molar-refractivity contribution in [2.45, 2.75) is 96.5 Å². The molecule has 1 saturated heterocycles. The summed E-state index contributed by atoms with van der Waals surface area (Å²) in [5.74, 6) is -2.88. The Balaban J connectivity index is 1.32. The quantitative estimate of drug-likeness (QED) is 0.0733. The van der Waals surface area contributed by atoms with Gasteiger partial charge in [-0.15, -0.1) is 5.10 Å². The van der Waals surface area contributed by atoms with Gasteiger partial charge in [-0.05, 0) is 72.9 Å². The molecule has 1 aliphatic rings. The molecule has 0 bridgehead atoms. The first kappa shape index (κ1) is 47.3. The lowest BCUT2D eigenvalue weighted by Gasteiger charge is -2.30. The zero-order valence-electron chi connectivity index (χ0n) is 36.4. The number of ether oxygens (including phenoxy) is 1. The van der Waals surface area contributed by atoms with Gasteiger partial charge in [-0.25, -0.2) is 0 Å². The van der Waals surface area contributed by atoms with Crippen molar-refractivity contribution >= 4 is 40.4 Å². The van der Waals surface area contributed by atoms with Crippen LogP contribution in [-0.4, -0.2) is 124 Å². The Kier molecular flexibility index (Phi) is 17.5. The van der Waals surface area contributed by atoms with Crippen LogP contribution in [0.15, 0.2) is 84.9 Å². The van der Waals surface area contributed by atoms with Crippen molar-refractivity contribution in [3.05, 3.63) is 96.1 Å². The molecule has 4 aromatic rings. The molecule has 5 atom stereocenters. The molecule has 1 aliphatic heterocycles. The smallest absolute Gasteiger partial charge is 0.243 e. The maximum absolute atomic E-state index is 14.3. The summed E-state index contributed by atoms with van der Waals surface area (Å²) in [5, 5.41) is 31.0. The van der Waals surface area contributed by atoms with Crippen molar-refractivity contribution in [3.63, 3.8) is 0 Å². The van der Waals surface area contributed by atoms with Gasteiger partial charge in [0.15, 0.2) is 18.0 Å². The van der Waals surface area contributed by atoms with Crippen LogP contribution in [0.3, 0.4) is 0 Å². The van der Waals surface area contributed by atoms with Crippen molar-refractivity contribution in [3.8, 4) is 0 Å². The van der Waals surface area contributed by atoms with E-state index in [4.69, 9.17) is 9.57 Å². The number of fused-ring (bicyclic) bond motifs is 1. The summed E-state index contributed by atoms with van der Waals surface area (Å²) in [6.07, 6.45) is 1.29. The highest BCUT2D eigenvalue weighted by atomic mass is 16.7. The predicted molar refractivity (Wildman–Crippen MR) is 233 cm³/mol. The number of hydrogen-bond acceptors (Lipinski definition) is 11. The predicted octanol–water partition coefficient (Wildman–Crippen LogP) is 2.42. The van der Waals surface area contributed by atoms with E-state index < -0.39 is 59.9 Å². The molecule has 0 radical (unpaired) electrons. The Morgan fingerprint density at radius 3 is 1.94 bits per heavy atom. The number of Topliss-reactive ketones (excluding diaryl/α,β-unsaturated/α-hetero) is 1. The first-order valence-electron chi connectivity index (χ1n) is 21.5. The van der Waals surface area contributed by atoms with Gasteiger partial charge in [-0.2, -0.15) is 0 Å². The minimum absolute atomic E-state index is 0.0425. The van der Waals surface area contributed by atoms with E-state index in [-0.39, 0.29) is 50.0 Å². The lowest BCUT2D eigenvalue weighted by molar-refractivity contribution is -0.147. The second kappa shape index (κ2) is 22.9. The molecule has 16 heteroatoms. The monoisotopic (exact) mass is 854 g/mol. The number of nitrogens with zero attached hydrogens (tertiary/aromatic N) is 4. The van der Waals surface area contributed by atoms with Crippen LogP contribution < -0.4 is 26.1 Å². The minimum atomic E-state index is -2.06. The topological polar surface area (TPSA) is 206 Å². The molecule has 2 unspecified atom stereocenters. The fourth-order valence-electron chi connectivity index (χ4n) is 7.28. The molecule has 5 rings (SSSR count). The highest BCUT2D eigenvalue weighted by molar-refractivity contribution is 5.98. The van der Waals surface area contributed by atoms with Gasteiger partial charge in [-0.3, -0.25) is 28.9 Å². The summed E-state index contributed by atoms with van der Waals surface area (Å²) in [7, 11) is 0. The Morgan fingerprint density at radius 2 is 1.27 bits per heavy atom. The molecule has 4 amide bonds. The van der Waals surface area contributed by atoms with E-state index in [1.54, 1.807) is 24.3 Å². The number of ketones is 1. The van der Waals surface area contributed by atoms with Gasteiger partial charge < -0.3 is 35.9 Å². The van der Waals surface area contributed by atoms with E-state index in [9.17, 15) is 29.1 Å². The SMILES string of the molecule is CC(C)CC(NC(=O)[C@H](CCc1ccccc1)NC(=O)CN1CCOCC1)C(=O)N[C@@H](Cc1ccccc1)C(=O)N[C@@H](CC(C)C)C(=O)C(C)(O)COn1nnc2ccccc21. The number of carbonyl (C=O) groups excluding carboxylic acids is 5. The van der Waals surface area contributed by atoms with E-state index in [1.165, 1.54) is 6.92 Å². The first-order valence-corrected chi connectivity index (χ1v) is 21.5. The van der Waals surface area contributed by atoms with Crippen LogP contribution in [0.5, 0.6) is 0 Å². The van der Waals surface area contributed by atoms with Gasteiger partial charge in [-0.1, -0.05) is 105 Å². The Labute approximate surface area is 363 Å². The standard InChI is InChI=1S/C46H62N8O8/c1-31(2)26-37(42(56)46(5,60)30-62-54-40-19-13-12-18-35(40)51-52-54)48-45(59)39(28-34-16-10-7-11-17-34)50-44(58)38(27-32(3)4)49-43(57)36(21-20-33-14-8-6-9-15-33)47-41(55)29-53-22-24-61-25-23-53/h6-19,31-32,36-39,60H,20-30H2,1-5H3,(H,47,55)(H,48,59)(H,49,57)(H,50,58)/t36-,37-,38?,39-,46?/m0/s1. The second-order valence-corrected chi connectivity index (χ2v) is 17.0. The van der Waals surface area contributed by atoms with E-state index in [1.807, 2.05) is 93.3 Å².